The Balaban J connectivity index is 1.67. The molecule has 4 aromatic rings. The van der Waals surface area contributed by atoms with Crippen molar-refractivity contribution in [3.05, 3.63) is 71.3 Å². The smallest absolute Gasteiger partial charge is 0.188 e. The molecule has 3 N–H and O–H groups in total. The summed E-state index contributed by atoms with van der Waals surface area (Å²) in [5.41, 5.74) is 2.11. The zero-order valence-electron chi connectivity index (χ0n) is 17.4. The Kier molecular flexibility index (Phi) is 6.96. The number of ether oxygens (including phenoxy) is 1. The number of aliphatic hydroxyl groups is 2. The van der Waals surface area contributed by atoms with Crippen LogP contribution in [0.4, 0.5) is 10.9 Å². The number of aliphatic hydroxyl groups excluding tert-OH is 2. The van der Waals surface area contributed by atoms with E-state index in [1.165, 1.54) is 23.1 Å². The second-order valence-corrected chi connectivity index (χ2v) is 8.79. The number of aryl methyl sites for hydroxylation is 2. The highest BCUT2D eigenvalue weighted by molar-refractivity contribution is 7.99. The van der Waals surface area contributed by atoms with Crippen molar-refractivity contribution >= 4 is 34.0 Å². The van der Waals surface area contributed by atoms with Crippen molar-refractivity contribution in [2.45, 2.75) is 29.9 Å². The first-order valence-corrected chi connectivity index (χ1v) is 11.4. The molecule has 1 unspecified atom stereocenters. The molecule has 164 valence electrons. The molecule has 4 aromatic heterocycles. The maximum atomic E-state index is 9.81. The molecule has 0 aliphatic rings. The van der Waals surface area contributed by atoms with Gasteiger partial charge in [-0.2, -0.15) is 0 Å². The van der Waals surface area contributed by atoms with E-state index in [0.717, 1.165) is 21.2 Å². The molecule has 0 aromatic carbocycles. The van der Waals surface area contributed by atoms with Crippen molar-refractivity contribution in [2.75, 3.05) is 11.9 Å². The molecule has 0 bridgehead atoms. The second kappa shape index (κ2) is 10.0. The van der Waals surface area contributed by atoms with Crippen LogP contribution in [0.25, 0.3) is 0 Å². The van der Waals surface area contributed by atoms with Crippen LogP contribution >= 0.6 is 23.1 Å². The summed E-state index contributed by atoms with van der Waals surface area (Å²) in [4.78, 5) is 18.4. The third kappa shape index (κ3) is 5.22. The maximum absolute atomic E-state index is 9.81. The molecular formula is C22H21N5O3S2. The minimum atomic E-state index is -1.02. The summed E-state index contributed by atoms with van der Waals surface area (Å²) in [6.07, 6.45) is 4.19. The number of rotatable bonds is 8. The van der Waals surface area contributed by atoms with Crippen molar-refractivity contribution in [2.24, 2.45) is 0 Å². The molecule has 10 heteroatoms. The van der Waals surface area contributed by atoms with Gasteiger partial charge in [-0.15, -0.1) is 11.3 Å². The van der Waals surface area contributed by atoms with Crippen molar-refractivity contribution < 1.29 is 14.9 Å². The standard InChI is InChI=1S/C22H21N5O3S2/c1-13-6-8-23-14(2)20(13)30-18-9-15(32-19-5-3-4-7-24-19)10-25-21(18)27-22-26-16(12-31-22)17(29)11-28/h3-10,12,17,28-29H,11H2,1-2H3,(H,25,26,27). The molecule has 0 amide bonds. The minimum absolute atomic E-state index is 0.392. The maximum Gasteiger partial charge on any atom is 0.188 e. The first-order valence-electron chi connectivity index (χ1n) is 9.74. The largest absolute Gasteiger partial charge is 0.451 e. The van der Waals surface area contributed by atoms with Gasteiger partial charge in [-0.05, 0) is 37.6 Å². The number of thiazole rings is 1. The zero-order chi connectivity index (χ0) is 22.5. The van der Waals surface area contributed by atoms with E-state index in [9.17, 15) is 5.11 Å². The monoisotopic (exact) mass is 467 g/mol. The molecule has 0 saturated heterocycles. The summed E-state index contributed by atoms with van der Waals surface area (Å²) in [6.45, 7) is 3.45. The Bertz CT molecular complexity index is 1180. The Hall–Kier alpha value is -3.05. The summed E-state index contributed by atoms with van der Waals surface area (Å²) < 4.78 is 6.26. The van der Waals surface area contributed by atoms with Crippen LogP contribution in [0.1, 0.15) is 23.1 Å². The van der Waals surface area contributed by atoms with E-state index in [4.69, 9.17) is 9.84 Å². The van der Waals surface area contributed by atoms with Crippen LogP contribution in [0.2, 0.25) is 0 Å². The molecule has 0 aliphatic heterocycles. The molecule has 0 radical (unpaired) electrons. The number of nitrogens with one attached hydrogen (secondary N) is 1. The van der Waals surface area contributed by atoms with Gasteiger partial charge in [0.1, 0.15) is 11.1 Å². The number of anilines is 2. The van der Waals surface area contributed by atoms with E-state index in [1.54, 1.807) is 24.0 Å². The number of aromatic nitrogens is 4. The fourth-order valence-electron chi connectivity index (χ4n) is 2.82. The zero-order valence-corrected chi connectivity index (χ0v) is 19.0. The Morgan fingerprint density at radius 3 is 2.78 bits per heavy atom. The average Bonchev–Trinajstić information content (AvgIpc) is 3.27. The first kappa shape index (κ1) is 22.2. The Labute approximate surface area is 193 Å². The highest BCUT2D eigenvalue weighted by atomic mass is 32.2. The van der Waals surface area contributed by atoms with Crippen molar-refractivity contribution in [1.29, 1.82) is 0 Å². The third-order valence-electron chi connectivity index (χ3n) is 4.44. The van der Waals surface area contributed by atoms with Crippen LogP contribution in [-0.2, 0) is 0 Å². The van der Waals surface area contributed by atoms with Gasteiger partial charge in [0.25, 0.3) is 0 Å². The molecule has 32 heavy (non-hydrogen) atoms. The SMILES string of the molecule is Cc1ccnc(C)c1Oc1cc(Sc2ccccn2)cnc1Nc1nc(C(O)CO)cs1. The quantitative estimate of drug-likeness (QED) is 0.340. The number of nitrogens with zero attached hydrogens (tertiary/aromatic N) is 4. The molecule has 0 aliphatic carbocycles. The van der Waals surface area contributed by atoms with Crippen molar-refractivity contribution in [3.8, 4) is 11.5 Å². The summed E-state index contributed by atoms with van der Waals surface area (Å²) >= 11 is 2.78. The van der Waals surface area contributed by atoms with Gasteiger partial charge in [0.15, 0.2) is 22.4 Å². The lowest BCUT2D eigenvalue weighted by Gasteiger charge is -2.15. The van der Waals surface area contributed by atoms with E-state index in [0.29, 0.717) is 28.1 Å². The van der Waals surface area contributed by atoms with Crippen molar-refractivity contribution in [1.82, 2.24) is 19.9 Å². The van der Waals surface area contributed by atoms with Crippen LogP contribution in [0.3, 0.4) is 0 Å². The molecule has 4 heterocycles. The highest BCUT2D eigenvalue weighted by Crippen LogP contribution is 2.37. The van der Waals surface area contributed by atoms with Gasteiger partial charge in [0.05, 0.1) is 18.0 Å². The van der Waals surface area contributed by atoms with Gasteiger partial charge in [-0.1, -0.05) is 17.8 Å². The van der Waals surface area contributed by atoms with E-state index in [2.05, 4.69) is 25.3 Å². The van der Waals surface area contributed by atoms with Gasteiger partial charge >= 0.3 is 0 Å². The fourth-order valence-corrected chi connectivity index (χ4v) is 4.35. The number of hydrogen-bond acceptors (Lipinski definition) is 10. The van der Waals surface area contributed by atoms with Crippen LogP contribution in [0.5, 0.6) is 11.5 Å². The van der Waals surface area contributed by atoms with E-state index < -0.39 is 12.7 Å². The van der Waals surface area contributed by atoms with Gasteiger partial charge in [-0.3, -0.25) is 4.98 Å². The lowest BCUT2D eigenvalue weighted by Crippen LogP contribution is -2.03. The summed E-state index contributed by atoms with van der Waals surface area (Å²) in [5.74, 6) is 1.63. The Morgan fingerprint density at radius 2 is 2.03 bits per heavy atom. The lowest BCUT2D eigenvalue weighted by molar-refractivity contribution is 0.0928. The second-order valence-electron chi connectivity index (χ2n) is 6.83. The number of hydrogen-bond donors (Lipinski definition) is 3. The Morgan fingerprint density at radius 1 is 1.16 bits per heavy atom. The van der Waals surface area contributed by atoms with E-state index in [1.807, 2.05) is 44.2 Å². The molecule has 4 rings (SSSR count). The van der Waals surface area contributed by atoms with Crippen LogP contribution in [-0.4, -0.2) is 36.8 Å². The first-order chi connectivity index (χ1) is 15.5. The molecule has 0 saturated carbocycles. The normalized spacial score (nSPS) is 11.9. The van der Waals surface area contributed by atoms with Crippen LogP contribution < -0.4 is 10.1 Å². The van der Waals surface area contributed by atoms with Gasteiger partial charge in [-0.25, -0.2) is 15.0 Å². The summed E-state index contributed by atoms with van der Waals surface area (Å²) in [6, 6.07) is 9.50. The van der Waals surface area contributed by atoms with Gasteiger partial charge in [0.2, 0.25) is 0 Å². The average molecular weight is 468 g/mol. The number of pyridine rings is 3. The predicted octanol–water partition coefficient (Wildman–Crippen LogP) is 4.66. The topological polar surface area (TPSA) is 113 Å². The molecule has 0 fully saturated rings. The lowest BCUT2D eigenvalue weighted by atomic mass is 10.2. The fraction of sp³-hybridized carbons (Fsp3) is 0.182. The molecular weight excluding hydrogens is 446 g/mol. The molecule has 8 nitrogen and oxygen atoms in total. The summed E-state index contributed by atoms with van der Waals surface area (Å²) in [7, 11) is 0. The third-order valence-corrected chi connectivity index (χ3v) is 6.13. The van der Waals surface area contributed by atoms with Crippen molar-refractivity contribution in [3.63, 3.8) is 0 Å². The van der Waals surface area contributed by atoms with Gasteiger partial charge in [0, 0.05) is 34.9 Å². The van der Waals surface area contributed by atoms with E-state index in [-0.39, 0.29) is 0 Å². The highest BCUT2D eigenvalue weighted by Gasteiger charge is 2.16. The molecule has 1 atom stereocenters. The summed E-state index contributed by atoms with van der Waals surface area (Å²) in [5, 5.41) is 25.2. The predicted molar refractivity (Wildman–Crippen MR) is 124 cm³/mol. The van der Waals surface area contributed by atoms with Crippen LogP contribution in [0, 0.1) is 13.8 Å². The molecule has 0 spiro atoms. The van der Waals surface area contributed by atoms with Gasteiger partial charge < -0.3 is 20.3 Å². The minimum Gasteiger partial charge on any atom is -0.451 e. The van der Waals surface area contributed by atoms with E-state index >= 15 is 0 Å². The van der Waals surface area contributed by atoms with Crippen LogP contribution in [0.15, 0.2) is 64.2 Å².